The van der Waals surface area contributed by atoms with Crippen molar-refractivity contribution in [2.45, 2.75) is 39.5 Å². The third-order valence-electron chi connectivity index (χ3n) is 4.11. The zero-order valence-corrected chi connectivity index (χ0v) is 13.0. The van der Waals surface area contributed by atoms with Gasteiger partial charge in [0.25, 0.3) is 0 Å². The van der Waals surface area contributed by atoms with Crippen LogP contribution < -0.4 is 0 Å². The number of esters is 1. The van der Waals surface area contributed by atoms with Gasteiger partial charge in [-0.3, -0.25) is 4.79 Å². The SMILES string of the molecule is CCCC1(C(=O)OCCc2ccccc2C)C=CC=CC1. The largest absolute Gasteiger partial charge is 0.465 e. The molecular formula is C19H24O2. The first kappa shape index (κ1) is 15.6. The summed E-state index contributed by atoms with van der Waals surface area (Å²) in [5.41, 5.74) is 2.04. The molecular weight excluding hydrogens is 260 g/mol. The molecule has 1 aliphatic carbocycles. The van der Waals surface area contributed by atoms with E-state index in [1.54, 1.807) is 0 Å². The maximum absolute atomic E-state index is 12.5. The molecule has 1 unspecified atom stereocenters. The summed E-state index contributed by atoms with van der Waals surface area (Å²) >= 11 is 0. The first-order valence-electron chi connectivity index (χ1n) is 7.74. The molecule has 0 spiro atoms. The summed E-state index contributed by atoms with van der Waals surface area (Å²) in [6.07, 6.45) is 11.4. The molecule has 1 aromatic carbocycles. The van der Waals surface area contributed by atoms with Gasteiger partial charge < -0.3 is 4.74 Å². The van der Waals surface area contributed by atoms with Gasteiger partial charge in [-0.15, -0.1) is 0 Å². The fourth-order valence-corrected chi connectivity index (χ4v) is 2.84. The molecule has 2 rings (SSSR count). The highest BCUT2D eigenvalue weighted by Gasteiger charge is 2.36. The lowest BCUT2D eigenvalue weighted by atomic mass is 9.78. The fourth-order valence-electron chi connectivity index (χ4n) is 2.84. The molecule has 0 heterocycles. The Morgan fingerprint density at radius 2 is 2.10 bits per heavy atom. The van der Waals surface area contributed by atoms with Crippen LogP contribution in [0.2, 0.25) is 0 Å². The van der Waals surface area contributed by atoms with Crippen LogP contribution in [-0.4, -0.2) is 12.6 Å². The van der Waals surface area contributed by atoms with Crippen molar-refractivity contribution in [2.75, 3.05) is 6.61 Å². The summed E-state index contributed by atoms with van der Waals surface area (Å²) in [7, 11) is 0. The Hall–Kier alpha value is -1.83. The van der Waals surface area contributed by atoms with Crippen LogP contribution in [0.15, 0.2) is 48.6 Å². The van der Waals surface area contributed by atoms with Crippen molar-refractivity contribution in [3.05, 3.63) is 59.7 Å². The average Bonchev–Trinajstić information content (AvgIpc) is 2.50. The van der Waals surface area contributed by atoms with Gasteiger partial charge in [-0.1, -0.05) is 61.9 Å². The molecule has 0 saturated heterocycles. The molecule has 0 aromatic heterocycles. The van der Waals surface area contributed by atoms with Crippen molar-refractivity contribution in [3.8, 4) is 0 Å². The normalized spacial score (nSPS) is 20.5. The molecule has 0 N–H and O–H groups in total. The third-order valence-corrected chi connectivity index (χ3v) is 4.11. The van der Waals surface area contributed by atoms with Gasteiger partial charge in [-0.25, -0.2) is 0 Å². The van der Waals surface area contributed by atoms with E-state index in [0.29, 0.717) is 6.61 Å². The van der Waals surface area contributed by atoms with E-state index in [9.17, 15) is 4.79 Å². The van der Waals surface area contributed by atoms with Gasteiger partial charge >= 0.3 is 5.97 Å². The van der Waals surface area contributed by atoms with E-state index < -0.39 is 5.41 Å². The van der Waals surface area contributed by atoms with Gasteiger partial charge in [0.05, 0.1) is 12.0 Å². The minimum Gasteiger partial charge on any atom is -0.465 e. The lowest BCUT2D eigenvalue weighted by Crippen LogP contribution is -2.32. The number of hydrogen-bond donors (Lipinski definition) is 0. The number of hydrogen-bond acceptors (Lipinski definition) is 2. The monoisotopic (exact) mass is 284 g/mol. The molecule has 0 fully saturated rings. The van der Waals surface area contributed by atoms with Crippen LogP contribution >= 0.6 is 0 Å². The van der Waals surface area contributed by atoms with Crippen LogP contribution in [0.4, 0.5) is 0 Å². The van der Waals surface area contributed by atoms with Crippen molar-refractivity contribution < 1.29 is 9.53 Å². The number of benzene rings is 1. The lowest BCUT2D eigenvalue weighted by Gasteiger charge is -2.28. The summed E-state index contributed by atoms with van der Waals surface area (Å²) in [5.74, 6) is -0.0847. The number of carbonyl (C=O) groups is 1. The van der Waals surface area contributed by atoms with E-state index in [2.05, 4.69) is 32.1 Å². The second-order valence-corrected chi connectivity index (χ2v) is 5.71. The van der Waals surface area contributed by atoms with Gasteiger partial charge in [0.1, 0.15) is 0 Å². The average molecular weight is 284 g/mol. The second kappa shape index (κ2) is 7.26. The van der Waals surface area contributed by atoms with Crippen molar-refractivity contribution in [1.29, 1.82) is 0 Å². The Labute approximate surface area is 127 Å². The number of aryl methyl sites for hydroxylation is 1. The van der Waals surface area contributed by atoms with Gasteiger partial charge in [0.15, 0.2) is 0 Å². The molecule has 1 aromatic rings. The van der Waals surface area contributed by atoms with Crippen LogP contribution in [0.25, 0.3) is 0 Å². The molecule has 0 amide bonds. The summed E-state index contributed by atoms with van der Waals surface area (Å²) in [6.45, 7) is 4.64. The molecule has 0 bridgehead atoms. The molecule has 1 aliphatic rings. The van der Waals surface area contributed by atoms with E-state index in [1.165, 1.54) is 11.1 Å². The number of rotatable bonds is 6. The predicted octanol–water partition coefficient (Wildman–Crippen LogP) is 4.38. The molecule has 112 valence electrons. The highest BCUT2D eigenvalue weighted by molar-refractivity contribution is 5.79. The van der Waals surface area contributed by atoms with E-state index in [-0.39, 0.29) is 5.97 Å². The van der Waals surface area contributed by atoms with Crippen molar-refractivity contribution in [3.63, 3.8) is 0 Å². The topological polar surface area (TPSA) is 26.3 Å². The quantitative estimate of drug-likeness (QED) is 0.724. The first-order valence-corrected chi connectivity index (χ1v) is 7.74. The van der Waals surface area contributed by atoms with E-state index >= 15 is 0 Å². The lowest BCUT2D eigenvalue weighted by molar-refractivity contribution is -0.153. The Bertz CT molecular complexity index is 542. The van der Waals surface area contributed by atoms with Crippen LogP contribution in [0, 0.1) is 12.3 Å². The Morgan fingerprint density at radius 3 is 2.76 bits per heavy atom. The highest BCUT2D eigenvalue weighted by atomic mass is 16.5. The van der Waals surface area contributed by atoms with Crippen LogP contribution in [0.1, 0.15) is 37.3 Å². The molecule has 0 aliphatic heterocycles. The van der Waals surface area contributed by atoms with Gasteiger partial charge in [0.2, 0.25) is 0 Å². The zero-order valence-electron chi connectivity index (χ0n) is 13.0. The summed E-state index contributed by atoms with van der Waals surface area (Å²) in [5, 5.41) is 0. The number of ether oxygens (including phenoxy) is 1. The fraction of sp³-hybridized carbons (Fsp3) is 0.421. The Kier molecular flexibility index (Phi) is 5.38. The van der Waals surface area contributed by atoms with Crippen molar-refractivity contribution in [2.24, 2.45) is 5.41 Å². The molecule has 0 saturated carbocycles. The minimum absolute atomic E-state index is 0.0847. The second-order valence-electron chi connectivity index (χ2n) is 5.71. The summed E-state index contributed by atoms with van der Waals surface area (Å²) < 4.78 is 5.57. The van der Waals surface area contributed by atoms with Crippen LogP contribution in [0.3, 0.4) is 0 Å². The predicted molar refractivity (Wildman–Crippen MR) is 86.1 cm³/mol. The van der Waals surface area contributed by atoms with Crippen LogP contribution in [0.5, 0.6) is 0 Å². The van der Waals surface area contributed by atoms with Gasteiger partial charge in [0, 0.05) is 6.42 Å². The highest BCUT2D eigenvalue weighted by Crippen LogP contribution is 2.34. The molecule has 2 nitrogen and oxygen atoms in total. The Balaban J connectivity index is 1.93. The molecule has 2 heteroatoms. The minimum atomic E-state index is -0.449. The standard InChI is InChI=1S/C19H24O2/c1-3-12-19(13-7-4-8-14-19)18(20)21-15-11-17-10-6-5-9-16(17)2/h4-10,13H,3,11-12,14-15H2,1-2H3. The van der Waals surface area contributed by atoms with Crippen molar-refractivity contribution in [1.82, 2.24) is 0 Å². The third kappa shape index (κ3) is 3.84. The Morgan fingerprint density at radius 1 is 1.29 bits per heavy atom. The van der Waals surface area contributed by atoms with E-state index in [4.69, 9.17) is 4.74 Å². The maximum Gasteiger partial charge on any atom is 0.316 e. The summed E-state index contributed by atoms with van der Waals surface area (Å²) in [4.78, 5) is 12.5. The van der Waals surface area contributed by atoms with Crippen LogP contribution in [-0.2, 0) is 16.0 Å². The zero-order chi connectivity index (χ0) is 15.1. The molecule has 21 heavy (non-hydrogen) atoms. The van der Waals surface area contributed by atoms with Crippen molar-refractivity contribution >= 4 is 5.97 Å². The molecule has 1 atom stereocenters. The molecule has 0 radical (unpaired) electrons. The number of allylic oxidation sites excluding steroid dienone is 3. The van der Waals surface area contributed by atoms with Gasteiger partial charge in [-0.05, 0) is 30.9 Å². The first-order chi connectivity index (χ1) is 10.2. The summed E-state index contributed by atoms with van der Waals surface area (Å²) in [6, 6.07) is 8.23. The maximum atomic E-state index is 12.5. The number of carbonyl (C=O) groups excluding carboxylic acids is 1. The van der Waals surface area contributed by atoms with E-state index in [1.807, 2.05) is 30.4 Å². The smallest absolute Gasteiger partial charge is 0.316 e. The van der Waals surface area contributed by atoms with Gasteiger partial charge in [-0.2, -0.15) is 0 Å². The van der Waals surface area contributed by atoms with E-state index in [0.717, 1.165) is 25.7 Å².